The fraction of sp³-hybridized carbons (Fsp3) is 0.500. The lowest BCUT2D eigenvalue weighted by molar-refractivity contribution is -0.384. The van der Waals surface area contributed by atoms with Crippen molar-refractivity contribution in [2.24, 2.45) is 0 Å². The van der Waals surface area contributed by atoms with Crippen molar-refractivity contribution in [3.8, 4) is 0 Å². The number of carbonyl (C=O) groups is 4. The van der Waals surface area contributed by atoms with Crippen LogP contribution in [-0.2, 0) is 25.5 Å². The van der Waals surface area contributed by atoms with Crippen LogP contribution in [0.15, 0.2) is 24.3 Å². The molecule has 4 amide bonds. The summed E-state index contributed by atoms with van der Waals surface area (Å²) >= 11 is 0. The van der Waals surface area contributed by atoms with Crippen LogP contribution in [0.4, 0.5) is 10.5 Å². The Morgan fingerprint density at radius 1 is 1.09 bits per heavy atom. The van der Waals surface area contributed by atoms with Crippen LogP contribution in [0.1, 0.15) is 26.3 Å². The Morgan fingerprint density at radius 2 is 1.69 bits per heavy atom. The minimum absolute atomic E-state index is 0.0777. The summed E-state index contributed by atoms with van der Waals surface area (Å²) in [6, 6.07) is 4.63. The van der Waals surface area contributed by atoms with Crippen molar-refractivity contribution in [2.45, 2.75) is 38.8 Å². The SMILES string of the molecule is CC(C)(C)OC(=O)N1CC(=O)NCCNC(=O)C(Cc2ccc([N+](=O)[O-])cc2)NC(=O)C1. The highest BCUT2D eigenvalue weighted by Gasteiger charge is 2.28. The van der Waals surface area contributed by atoms with Crippen LogP contribution in [0, 0.1) is 10.1 Å². The Kier molecular flexibility index (Phi) is 8.10. The summed E-state index contributed by atoms with van der Waals surface area (Å²) in [6.07, 6.45) is -0.759. The number of carbonyl (C=O) groups excluding carboxylic acids is 4. The third kappa shape index (κ3) is 7.85. The fourth-order valence-electron chi connectivity index (χ4n) is 2.86. The molecule has 12 heteroatoms. The van der Waals surface area contributed by atoms with Gasteiger partial charge in [-0.1, -0.05) is 12.1 Å². The number of nitrogens with one attached hydrogen (secondary N) is 3. The van der Waals surface area contributed by atoms with Crippen molar-refractivity contribution >= 4 is 29.5 Å². The molecule has 1 aromatic rings. The average Bonchev–Trinajstić information content (AvgIpc) is 2.68. The highest BCUT2D eigenvalue weighted by Crippen LogP contribution is 2.14. The van der Waals surface area contributed by atoms with Gasteiger partial charge in [0.05, 0.1) is 4.92 Å². The molecule has 174 valence electrons. The normalized spacial score (nSPS) is 18.4. The van der Waals surface area contributed by atoms with Gasteiger partial charge in [0.15, 0.2) is 0 Å². The summed E-state index contributed by atoms with van der Waals surface area (Å²) in [5.41, 5.74) is -0.323. The standard InChI is InChI=1S/C20H27N5O7/c1-20(2,3)32-19(29)24-11-16(26)21-8-9-22-18(28)15(23-17(27)12-24)10-13-4-6-14(7-5-13)25(30)31/h4-7,15H,8-12H2,1-3H3,(H,21,26)(H,22,28)(H,23,27). The largest absolute Gasteiger partial charge is 0.444 e. The Labute approximate surface area is 184 Å². The number of amides is 4. The quantitative estimate of drug-likeness (QED) is 0.436. The van der Waals surface area contributed by atoms with Gasteiger partial charge in [0, 0.05) is 31.6 Å². The van der Waals surface area contributed by atoms with Gasteiger partial charge in [-0.25, -0.2) is 4.79 Å². The second kappa shape index (κ2) is 10.6. The molecule has 0 aliphatic carbocycles. The van der Waals surface area contributed by atoms with E-state index in [9.17, 15) is 29.3 Å². The summed E-state index contributed by atoms with van der Waals surface area (Å²) in [5, 5.41) is 18.6. The van der Waals surface area contributed by atoms with E-state index in [2.05, 4.69) is 16.0 Å². The van der Waals surface area contributed by atoms with E-state index in [4.69, 9.17) is 4.74 Å². The number of rotatable bonds is 3. The lowest BCUT2D eigenvalue weighted by Crippen LogP contribution is -2.54. The maximum atomic E-state index is 12.6. The van der Waals surface area contributed by atoms with Crippen molar-refractivity contribution in [2.75, 3.05) is 26.2 Å². The lowest BCUT2D eigenvalue weighted by Gasteiger charge is -2.28. The molecule has 0 spiro atoms. The molecule has 0 radical (unpaired) electrons. The number of benzene rings is 1. The maximum absolute atomic E-state index is 12.6. The zero-order valence-corrected chi connectivity index (χ0v) is 18.2. The van der Waals surface area contributed by atoms with Crippen molar-refractivity contribution in [1.29, 1.82) is 0 Å². The number of nitro benzene ring substituents is 1. The highest BCUT2D eigenvalue weighted by atomic mass is 16.6. The predicted octanol–water partition coefficient (Wildman–Crippen LogP) is 0.105. The monoisotopic (exact) mass is 449 g/mol. The molecule has 12 nitrogen and oxygen atoms in total. The van der Waals surface area contributed by atoms with Crippen molar-refractivity contribution in [3.05, 3.63) is 39.9 Å². The number of hydrogen-bond donors (Lipinski definition) is 3. The van der Waals surface area contributed by atoms with Crippen LogP contribution < -0.4 is 16.0 Å². The first kappa shape index (κ1) is 24.6. The molecule has 0 saturated carbocycles. The fourth-order valence-corrected chi connectivity index (χ4v) is 2.86. The lowest BCUT2D eigenvalue weighted by atomic mass is 10.0. The van der Waals surface area contributed by atoms with Gasteiger partial charge < -0.3 is 20.7 Å². The highest BCUT2D eigenvalue weighted by molar-refractivity contribution is 5.91. The van der Waals surface area contributed by atoms with Gasteiger partial charge >= 0.3 is 6.09 Å². The van der Waals surface area contributed by atoms with Crippen LogP contribution >= 0.6 is 0 Å². The van der Waals surface area contributed by atoms with Crippen molar-refractivity contribution in [1.82, 2.24) is 20.9 Å². The summed E-state index contributed by atoms with van der Waals surface area (Å²) in [5.74, 6) is -1.65. The first-order valence-electron chi connectivity index (χ1n) is 9.99. The predicted molar refractivity (Wildman–Crippen MR) is 113 cm³/mol. The molecule has 1 aliphatic heterocycles. The molecule has 32 heavy (non-hydrogen) atoms. The van der Waals surface area contributed by atoms with Gasteiger partial charge in [-0.2, -0.15) is 0 Å². The molecule has 0 bridgehead atoms. The number of hydrogen-bond acceptors (Lipinski definition) is 7. The van der Waals surface area contributed by atoms with Gasteiger partial charge in [-0.3, -0.25) is 29.4 Å². The third-order valence-corrected chi connectivity index (χ3v) is 4.31. The Bertz CT molecular complexity index is 879. The zero-order chi connectivity index (χ0) is 23.9. The molecule has 2 rings (SSSR count). The second-order valence-corrected chi connectivity index (χ2v) is 8.23. The van der Waals surface area contributed by atoms with Crippen molar-refractivity contribution in [3.63, 3.8) is 0 Å². The van der Waals surface area contributed by atoms with Gasteiger partial charge in [0.1, 0.15) is 24.7 Å². The van der Waals surface area contributed by atoms with E-state index < -0.39 is 46.9 Å². The smallest absolute Gasteiger partial charge is 0.411 e. The molecule has 1 saturated heterocycles. The summed E-state index contributed by atoms with van der Waals surface area (Å²) in [7, 11) is 0. The van der Waals surface area contributed by atoms with Gasteiger partial charge in [-0.05, 0) is 26.3 Å². The van der Waals surface area contributed by atoms with E-state index in [1.807, 2.05) is 0 Å². The maximum Gasteiger partial charge on any atom is 0.411 e. The third-order valence-electron chi connectivity index (χ3n) is 4.31. The summed E-state index contributed by atoms with van der Waals surface area (Å²) < 4.78 is 5.27. The van der Waals surface area contributed by atoms with Crippen LogP contribution in [0.2, 0.25) is 0 Å². The zero-order valence-electron chi connectivity index (χ0n) is 18.2. The van der Waals surface area contributed by atoms with Gasteiger partial charge in [-0.15, -0.1) is 0 Å². The van der Waals surface area contributed by atoms with E-state index in [0.717, 1.165) is 4.90 Å². The first-order chi connectivity index (χ1) is 14.9. The molecule has 0 aromatic heterocycles. The van der Waals surface area contributed by atoms with Crippen LogP contribution in [-0.4, -0.2) is 71.5 Å². The van der Waals surface area contributed by atoms with Crippen LogP contribution in [0.25, 0.3) is 0 Å². The van der Waals surface area contributed by atoms with Crippen LogP contribution in [0.5, 0.6) is 0 Å². The van der Waals surface area contributed by atoms with E-state index in [1.54, 1.807) is 20.8 Å². The number of non-ortho nitro benzene ring substituents is 1. The number of nitrogens with zero attached hydrogens (tertiary/aromatic N) is 2. The van der Waals surface area contributed by atoms with E-state index in [0.29, 0.717) is 5.56 Å². The molecule has 1 unspecified atom stereocenters. The Morgan fingerprint density at radius 3 is 2.28 bits per heavy atom. The second-order valence-electron chi connectivity index (χ2n) is 8.23. The topological polar surface area (TPSA) is 160 Å². The first-order valence-corrected chi connectivity index (χ1v) is 9.99. The van der Waals surface area contributed by atoms with E-state index >= 15 is 0 Å². The summed E-state index contributed by atoms with van der Waals surface area (Å²) in [4.78, 5) is 61.0. The van der Waals surface area contributed by atoms with E-state index in [1.165, 1.54) is 24.3 Å². The van der Waals surface area contributed by atoms with Crippen LogP contribution in [0.3, 0.4) is 0 Å². The van der Waals surface area contributed by atoms with Gasteiger partial charge in [0.2, 0.25) is 17.7 Å². The molecular weight excluding hydrogens is 422 g/mol. The molecule has 1 atom stereocenters. The van der Waals surface area contributed by atoms with E-state index in [-0.39, 0.29) is 31.7 Å². The molecule has 1 fully saturated rings. The number of nitro groups is 1. The number of ether oxygens (including phenoxy) is 1. The molecule has 1 aromatic carbocycles. The van der Waals surface area contributed by atoms with Gasteiger partial charge in [0.25, 0.3) is 5.69 Å². The minimum atomic E-state index is -0.987. The molecule has 1 heterocycles. The minimum Gasteiger partial charge on any atom is -0.444 e. The molecular formula is C20H27N5O7. The average molecular weight is 449 g/mol. The summed E-state index contributed by atoms with van der Waals surface area (Å²) in [6.45, 7) is 4.34. The Balaban J connectivity index is 2.18. The van der Waals surface area contributed by atoms with Crippen molar-refractivity contribution < 1.29 is 28.8 Å². The Hall–Kier alpha value is -3.70. The molecule has 1 aliphatic rings. The molecule has 3 N–H and O–H groups in total.